The van der Waals surface area contributed by atoms with Gasteiger partial charge in [-0.1, -0.05) is 0 Å². The van der Waals surface area contributed by atoms with E-state index in [2.05, 4.69) is 5.10 Å². The monoisotopic (exact) mass is 111 g/mol. The lowest BCUT2D eigenvalue weighted by Crippen LogP contribution is -1.93. The summed E-state index contributed by atoms with van der Waals surface area (Å²) >= 11 is 0. The Morgan fingerprint density at radius 3 is 2.88 bits per heavy atom. The molecule has 0 amide bonds. The van der Waals surface area contributed by atoms with Gasteiger partial charge in [0.05, 0.1) is 6.20 Å². The van der Waals surface area contributed by atoms with Gasteiger partial charge in [0.25, 0.3) is 0 Å². The van der Waals surface area contributed by atoms with E-state index < -0.39 is 0 Å². The molecule has 0 radical (unpaired) electrons. The molecule has 0 fully saturated rings. The van der Waals surface area contributed by atoms with Crippen LogP contribution in [0.15, 0.2) is 12.4 Å². The van der Waals surface area contributed by atoms with E-state index in [-0.39, 0.29) is 0 Å². The van der Waals surface area contributed by atoms with Gasteiger partial charge in [0, 0.05) is 25.4 Å². The quantitative estimate of drug-likeness (QED) is 0.549. The third-order valence-electron chi connectivity index (χ3n) is 0.994. The Morgan fingerprint density at radius 2 is 2.62 bits per heavy atom. The molecule has 1 heterocycles. The lowest BCUT2D eigenvalue weighted by molar-refractivity contribution is 0.767. The largest absolute Gasteiger partial charge is 0.326 e. The van der Waals surface area contributed by atoms with Gasteiger partial charge in [0.1, 0.15) is 0 Å². The van der Waals surface area contributed by atoms with Gasteiger partial charge < -0.3 is 5.73 Å². The zero-order valence-electron chi connectivity index (χ0n) is 4.83. The molecule has 0 spiro atoms. The highest BCUT2D eigenvalue weighted by Crippen LogP contribution is 1.91. The standard InChI is InChI=1S/C5H9N3/c1-8-4-5(2-6)3-7-8/h3-4H,2,6H2,1H3. The highest BCUT2D eigenvalue weighted by atomic mass is 15.2. The average Bonchev–Trinajstić information content (AvgIpc) is 2.14. The first kappa shape index (κ1) is 5.31. The van der Waals surface area contributed by atoms with Crippen LogP contribution in [0.1, 0.15) is 5.56 Å². The molecular weight excluding hydrogens is 102 g/mol. The fourth-order valence-corrected chi connectivity index (χ4v) is 0.577. The van der Waals surface area contributed by atoms with E-state index in [1.807, 2.05) is 13.2 Å². The molecule has 1 aromatic rings. The molecule has 3 nitrogen and oxygen atoms in total. The van der Waals surface area contributed by atoms with Crippen molar-refractivity contribution >= 4 is 0 Å². The fourth-order valence-electron chi connectivity index (χ4n) is 0.577. The summed E-state index contributed by atoms with van der Waals surface area (Å²) in [5.41, 5.74) is 6.39. The summed E-state index contributed by atoms with van der Waals surface area (Å²) in [6.45, 7) is 0.577. The van der Waals surface area contributed by atoms with Gasteiger partial charge in [-0.3, -0.25) is 4.68 Å². The third-order valence-corrected chi connectivity index (χ3v) is 0.994. The number of hydrogen-bond acceptors (Lipinski definition) is 2. The molecule has 0 unspecified atom stereocenters. The molecule has 0 aliphatic carbocycles. The third kappa shape index (κ3) is 0.869. The van der Waals surface area contributed by atoms with Gasteiger partial charge in [-0.05, 0) is 0 Å². The molecule has 1 aromatic heterocycles. The molecule has 0 aliphatic rings. The van der Waals surface area contributed by atoms with Crippen LogP contribution in [0.5, 0.6) is 0 Å². The Labute approximate surface area is 48.1 Å². The molecule has 0 aromatic carbocycles. The van der Waals surface area contributed by atoms with E-state index in [1.165, 1.54) is 0 Å². The van der Waals surface area contributed by atoms with E-state index in [0.717, 1.165) is 5.56 Å². The smallest absolute Gasteiger partial charge is 0.0534 e. The predicted octanol–water partition coefficient (Wildman–Crippen LogP) is -0.121. The van der Waals surface area contributed by atoms with Gasteiger partial charge in [0.15, 0.2) is 0 Å². The topological polar surface area (TPSA) is 43.8 Å². The van der Waals surface area contributed by atoms with Crippen molar-refractivity contribution in [2.75, 3.05) is 0 Å². The lowest BCUT2D eigenvalue weighted by atomic mass is 10.4. The second-order valence-electron chi connectivity index (χ2n) is 1.73. The number of aryl methyl sites for hydroxylation is 1. The zero-order chi connectivity index (χ0) is 5.98. The molecule has 3 heteroatoms. The SMILES string of the molecule is Cn1cc(CN)cn1. The van der Waals surface area contributed by atoms with Crippen LogP contribution in [-0.4, -0.2) is 9.78 Å². The van der Waals surface area contributed by atoms with Crippen molar-refractivity contribution in [1.82, 2.24) is 9.78 Å². The van der Waals surface area contributed by atoms with Crippen molar-refractivity contribution in [1.29, 1.82) is 0 Å². The molecule has 0 atom stereocenters. The van der Waals surface area contributed by atoms with Gasteiger partial charge in [-0.25, -0.2) is 0 Å². The van der Waals surface area contributed by atoms with Crippen LogP contribution < -0.4 is 5.73 Å². The minimum Gasteiger partial charge on any atom is -0.326 e. The summed E-state index contributed by atoms with van der Waals surface area (Å²) in [7, 11) is 1.87. The van der Waals surface area contributed by atoms with Crippen molar-refractivity contribution < 1.29 is 0 Å². The number of hydrogen-bond donors (Lipinski definition) is 1. The lowest BCUT2D eigenvalue weighted by Gasteiger charge is -1.82. The van der Waals surface area contributed by atoms with Crippen molar-refractivity contribution in [3.8, 4) is 0 Å². The van der Waals surface area contributed by atoms with E-state index in [4.69, 9.17) is 5.73 Å². The number of nitrogens with zero attached hydrogens (tertiary/aromatic N) is 2. The Kier molecular flexibility index (Phi) is 1.30. The summed E-state index contributed by atoms with van der Waals surface area (Å²) in [4.78, 5) is 0. The average molecular weight is 111 g/mol. The normalized spacial score (nSPS) is 9.75. The first-order valence-electron chi connectivity index (χ1n) is 2.50. The number of nitrogens with two attached hydrogens (primary N) is 1. The minimum absolute atomic E-state index is 0.577. The predicted molar refractivity (Wildman–Crippen MR) is 31.1 cm³/mol. The van der Waals surface area contributed by atoms with Crippen LogP contribution in [0.2, 0.25) is 0 Å². The molecular formula is C5H9N3. The van der Waals surface area contributed by atoms with E-state index in [9.17, 15) is 0 Å². The van der Waals surface area contributed by atoms with Crippen molar-refractivity contribution in [2.24, 2.45) is 12.8 Å². The van der Waals surface area contributed by atoms with Gasteiger partial charge in [0.2, 0.25) is 0 Å². The Balaban J connectivity index is 2.84. The Hall–Kier alpha value is -0.830. The highest BCUT2D eigenvalue weighted by Gasteiger charge is 1.88. The maximum Gasteiger partial charge on any atom is 0.0534 e. The Morgan fingerprint density at radius 1 is 1.88 bits per heavy atom. The van der Waals surface area contributed by atoms with Crippen molar-refractivity contribution in [3.63, 3.8) is 0 Å². The van der Waals surface area contributed by atoms with Crippen LogP contribution in [0, 0.1) is 0 Å². The summed E-state index contributed by atoms with van der Waals surface area (Å²) in [6.07, 6.45) is 3.67. The first-order chi connectivity index (χ1) is 3.83. The van der Waals surface area contributed by atoms with Crippen molar-refractivity contribution in [3.05, 3.63) is 18.0 Å². The van der Waals surface area contributed by atoms with Crippen LogP contribution >= 0.6 is 0 Å². The van der Waals surface area contributed by atoms with Gasteiger partial charge in [-0.15, -0.1) is 0 Å². The molecule has 0 aliphatic heterocycles. The van der Waals surface area contributed by atoms with Crippen molar-refractivity contribution in [2.45, 2.75) is 6.54 Å². The van der Waals surface area contributed by atoms with Gasteiger partial charge in [-0.2, -0.15) is 5.10 Å². The van der Waals surface area contributed by atoms with Crippen LogP contribution in [0.4, 0.5) is 0 Å². The van der Waals surface area contributed by atoms with E-state index in [1.54, 1.807) is 10.9 Å². The van der Waals surface area contributed by atoms with E-state index in [0.29, 0.717) is 6.54 Å². The molecule has 0 saturated heterocycles. The van der Waals surface area contributed by atoms with E-state index >= 15 is 0 Å². The molecule has 2 N–H and O–H groups in total. The van der Waals surface area contributed by atoms with Gasteiger partial charge >= 0.3 is 0 Å². The zero-order valence-corrected chi connectivity index (χ0v) is 4.83. The second-order valence-corrected chi connectivity index (χ2v) is 1.73. The van der Waals surface area contributed by atoms with Crippen LogP contribution in [0.3, 0.4) is 0 Å². The molecule has 0 saturated carbocycles. The summed E-state index contributed by atoms with van der Waals surface area (Å²) in [6, 6.07) is 0. The molecule has 44 valence electrons. The van der Waals surface area contributed by atoms with Crippen LogP contribution in [-0.2, 0) is 13.6 Å². The molecule has 1 rings (SSSR count). The fraction of sp³-hybridized carbons (Fsp3) is 0.400. The highest BCUT2D eigenvalue weighted by molar-refractivity contribution is 5.01. The Bertz CT molecular complexity index is 168. The number of rotatable bonds is 1. The summed E-state index contributed by atoms with van der Waals surface area (Å²) in [5, 5.41) is 3.92. The van der Waals surface area contributed by atoms with Crippen LogP contribution in [0.25, 0.3) is 0 Å². The maximum absolute atomic E-state index is 5.31. The second kappa shape index (κ2) is 1.96. The minimum atomic E-state index is 0.577. The molecule has 0 bridgehead atoms. The maximum atomic E-state index is 5.31. The first-order valence-corrected chi connectivity index (χ1v) is 2.50. The number of aromatic nitrogens is 2. The molecule has 8 heavy (non-hydrogen) atoms. The summed E-state index contributed by atoms with van der Waals surface area (Å²) < 4.78 is 1.74. The summed E-state index contributed by atoms with van der Waals surface area (Å²) in [5.74, 6) is 0.